The molecule has 0 radical (unpaired) electrons. The molecule has 1 heterocycles. The van der Waals surface area contributed by atoms with Gasteiger partial charge in [-0.2, -0.15) is 0 Å². The average Bonchev–Trinajstić information content (AvgIpc) is 2.88. The van der Waals surface area contributed by atoms with E-state index in [0.717, 1.165) is 19.5 Å². The highest BCUT2D eigenvalue weighted by atomic mass is 16.1. The molecule has 1 atom stereocenters. The third-order valence-electron chi connectivity index (χ3n) is 3.69. The Morgan fingerprint density at radius 1 is 1.17 bits per heavy atom. The minimum atomic E-state index is -0.182. The first-order valence-electron chi connectivity index (χ1n) is 6.27. The summed E-state index contributed by atoms with van der Waals surface area (Å²) in [5.74, 6) is -0.185. The molecule has 0 aliphatic carbocycles. The summed E-state index contributed by atoms with van der Waals surface area (Å²) in [6, 6.07) is 14.7. The van der Waals surface area contributed by atoms with E-state index in [4.69, 9.17) is 5.73 Å². The van der Waals surface area contributed by atoms with E-state index in [1.807, 2.05) is 12.1 Å². The Morgan fingerprint density at radius 2 is 1.94 bits per heavy atom. The Balaban J connectivity index is 1.89. The van der Waals surface area contributed by atoms with Gasteiger partial charge in [0.25, 0.3) is 0 Å². The summed E-state index contributed by atoms with van der Waals surface area (Å²) < 4.78 is 0. The summed E-state index contributed by atoms with van der Waals surface area (Å²) in [4.78, 5) is 13.4. The summed E-state index contributed by atoms with van der Waals surface area (Å²) in [6.07, 6.45) is 0.863. The van der Waals surface area contributed by atoms with Gasteiger partial charge in [0, 0.05) is 18.8 Å². The number of fused-ring (bicyclic) bond motifs is 1. The first-order valence-corrected chi connectivity index (χ1v) is 6.27. The summed E-state index contributed by atoms with van der Waals surface area (Å²) in [5.41, 5.74) is 6.54. The molecule has 0 saturated carbocycles. The standard InChI is InChI=1S/C15H16N2O/c16-15(18)13-7-8-17(10-13)14-6-5-11-3-1-2-4-12(11)9-14/h1-6,9,13H,7-8,10H2,(H2,16,18)/t13-/m1/s1. The molecule has 1 fully saturated rings. The molecule has 0 bridgehead atoms. The molecule has 3 nitrogen and oxygen atoms in total. The van der Waals surface area contributed by atoms with Gasteiger partial charge >= 0.3 is 0 Å². The smallest absolute Gasteiger partial charge is 0.222 e. The van der Waals surface area contributed by atoms with Crippen LogP contribution in [0.1, 0.15) is 6.42 Å². The van der Waals surface area contributed by atoms with Gasteiger partial charge in [-0.3, -0.25) is 4.79 Å². The van der Waals surface area contributed by atoms with Crippen LogP contribution in [0.15, 0.2) is 42.5 Å². The van der Waals surface area contributed by atoms with Crippen molar-refractivity contribution >= 4 is 22.4 Å². The lowest BCUT2D eigenvalue weighted by Gasteiger charge is -2.18. The van der Waals surface area contributed by atoms with E-state index in [1.54, 1.807) is 0 Å². The maximum absolute atomic E-state index is 11.2. The number of rotatable bonds is 2. The van der Waals surface area contributed by atoms with Crippen LogP contribution in [0.3, 0.4) is 0 Å². The van der Waals surface area contributed by atoms with Crippen molar-refractivity contribution in [2.24, 2.45) is 11.7 Å². The second kappa shape index (κ2) is 4.33. The van der Waals surface area contributed by atoms with Crippen LogP contribution in [-0.4, -0.2) is 19.0 Å². The van der Waals surface area contributed by atoms with Crippen molar-refractivity contribution in [3.05, 3.63) is 42.5 Å². The van der Waals surface area contributed by atoms with E-state index in [2.05, 4.69) is 35.2 Å². The van der Waals surface area contributed by atoms with E-state index in [9.17, 15) is 4.79 Å². The van der Waals surface area contributed by atoms with Crippen molar-refractivity contribution in [3.63, 3.8) is 0 Å². The van der Waals surface area contributed by atoms with Crippen LogP contribution in [0.4, 0.5) is 5.69 Å². The van der Waals surface area contributed by atoms with Gasteiger partial charge in [0.1, 0.15) is 0 Å². The van der Waals surface area contributed by atoms with Gasteiger partial charge in [0.05, 0.1) is 5.92 Å². The quantitative estimate of drug-likeness (QED) is 0.874. The minimum Gasteiger partial charge on any atom is -0.371 e. The van der Waals surface area contributed by atoms with Crippen molar-refractivity contribution in [1.29, 1.82) is 0 Å². The molecule has 0 spiro atoms. The number of benzene rings is 2. The zero-order valence-electron chi connectivity index (χ0n) is 10.2. The van der Waals surface area contributed by atoms with Crippen LogP contribution >= 0.6 is 0 Å². The largest absolute Gasteiger partial charge is 0.371 e. The molecular formula is C15H16N2O. The number of primary amides is 1. The predicted octanol–water partition coefficient (Wildman–Crippen LogP) is 2.15. The van der Waals surface area contributed by atoms with E-state index >= 15 is 0 Å². The number of anilines is 1. The molecule has 1 saturated heterocycles. The summed E-state index contributed by atoms with van der Waals surface area (Å²) in [7, 11) is 0. The SMILES string of the molecule is NC(=O)[C@@H]1CCN(c2ccc3ccccc3c2)C1. The molecule has 2 aromatic rings. The summed E-state index contributed by atoms with van der Waals surface area (Å²) in [6.45, 7) is 1.65. The lowest BCUT2D eigenvalue weighted by atomic mass is 10.1. The van der Waals surface area contributed by atoms with Crippen molar-refractivity contribution in [3.8, 4) is 0 Å². The molecule has 0 unspecified atom stereocenters. The lowest BCUT2D eigenvalue weighted by Crippen LogP contribution is -2.27. The van der Waals surface area contributed by atoms with E-state index in [1.165, 1.54) is 16.5 Å². The predicted molar refractivity (Wildman–Crippen MR) is 73.5 cm³/mol. The van der Waals surface area contributed by atoms with E-state index < -0.39 is 0 Å². The first-order chi connectivity index (χ1) is 8.74. The van der Waals surface area contributed by atoms with Crippen LogP contribution in [0.25, 0.3) is 10.8 Å². The third kappa shape index (κ3) is 1.92. The van der Waals surface area contributed by atoms with Gasteiger partial charge in [-0.05, 0) is 29.3 Å². The van der Waals surface area contributed by atoms with Crippen molar-refractivity contribution in [2.45, 2.75) is 6.42 Å². The van der Waals surface area contributed by atoms with Crippen LogP contribution in [0.5, 0.6) is 0 Å². The number of amides is 1. The van der Waals surface area contributed by atoms with Gasteiger partial charge < -0.3 is 10.6 Å². The maximum atomic E-state index is 11.2. The van der Waals surface area contributed by atoms with Crippen LogP contribution in [0.2, 0.25) is 0 Å². The molecule has 92 valence electrons. The highest BCUT2D eigenvalue weighted by molar-refractivity contribution is 5.86. The molecule has 1 amide bonds. The van der Waals surface area contributed by atoms with Gasteiger partial charge in [0.2, 0.25) is 5.91 Å². The first kappa shape index (κ1) is 11.1. The summed E-state index contributed by atoms with van der Waals surface area (Å²) >= 11 is 0. The second-order valence-corrected chi connectivity index (χ2v) is 4.87. The second-order valence-electron chi connectivity index (χ2n) is 4.87. The molecule has 18 heavy (non-hydrogen) atoms. The van der Waals surface area contributed by atoms with Gasteiger partial charge in [0.15, 0.2) is 0 Å². The Bertz CT molecular complexity index is 594. The molecule has 2 aromatic carbocycles. The van der Waals surface area contributed by atoms with Crippen LogP contribution < -0.4 is 10.6 Å². The fourth-order valence-corrected chi connectivity index (χ4v) is 2.60. The van der Waals surface area contributed by atoms with Crippen molar-refractivity contribution in [1.82, 2.24) is 0 Å². The normalized spacial score (nSPS) is 19.3. The lowest BCUT2D eigenvalue weighted by molar-refractivity contribution is -0.121. The van der Waals surface area contributed by atoms with Crippen LogP contribution in [-0.2, 0) is 4.79 Å². The molecule has 2 N–H and O–H groups in total. The zero-order valence-corrected chi connectivity index (χ0v) is 10.2. The number of hydrogen-bond donors (Lipinski definition) is 1. The number of carbonyl (C=O) groups is 1. The zero-order chi connectivity index (χ0) is 12.5. The molecule has 1 aliphatic rings. The minimum absolute atomic E-state index is 0.00327. The van der Waals surface area contributed by atoms with E-state index in [0.29, 0.717) is 0 Å². The Labute approximate surface area is 106 Å². The van der Waals surface area contributed by atoms with Gasteiger partial charge in [-0.15, -0.1) is 0 Å². The molecule has 3 heteroatoms. The Morgan fingerprint density at radius 3 is 2.67 bits per heavy atom. The number of hydrogen-bond acceptors (Lipinski definition) is 2. The monoisotopic (exact) mass is 240 g/mol. The average molecular weight is 240 g/mol. The van der Waals surface area contributed by atoms with Gasteiger partial charge in [-0.1, -0.05) is 30.3 Å². The molecular weight excluding hydrogens is 224 g/mol. The maximum Gasteiger partial charge on any atom is 0.222 e. The van der Waals surface area contributed by atoms with Crippen LogP contribution in [0, 0.1) is 5.92 Å². The van der Waals surface area contributed by atoms with Gasteiger partial charge in [-0.25, -0.2) is 0 Å². The van der Waals surface area contributed by atoms with Crippen molar-refractivity contribution in [2.75, 3.05) is 18.0 Å². The van der Waals surface area contributed by atoms with E-state index in [-0.39, 0.29) is 11.8 Å². The molecule has 3 rings (SSSR count). The summed E-state index contributed by atoms with van der Waals surface area (Å²) in [5, 5.41) is 2.48. The third-order valence-corrected chi connectivity index (χ3v) is 3.69. The fourth-order valence-electron chi connectivity index (χ4n) is 2.60. The Hall–Kier alpha value is -2.03. The number of carbonyl (C=O) groups excluding carboxylic acids is 1. The van der Waals surface area contributed by atoms with Crippen molar-refractivity contribution < 1.29 is 4.79 Å². The Kier molecular flexibility index (Phi) is 2.67. The highest BCUT2D eigenvalue weighted by Gasteiger charge is 2.26. The fraction of sp³-hybridized carbons (Fsp3) is 0.267. The molecule has 1 aliphatic heterocycles. The number of nitrogens with zero attached hydrogens (tertiary/aromatic N) is 1. The highest BCUT2D eigenvalue weighted by Crippen LogP contribution is 2.27. The molecule has 0 aromatic heterocycles. The topological polar surface area (TPSA) is 46.3 Å². The number of nitrogens with two attached hydrogens (primary N) is 1.